The van der Waals surface area contributed by atoms with Gasteiger partial charge in [0, 0.05) is 37.4 Å². The number of alkyl halides is 3. The summed E-state index contributed by atoms with van der Waals surface area (Å²) in [6.07, 6.45) is -4.37. The number of likely N-dealkylation sites (tertiary alicyclic amines) is 1. The lowest BCUT2D eigenvalue weighted by molar-refractivity contribution is -0.186. The highest BCUT2D eigenvalue weighted by atomic mass is 19.4. The highest BCUT2D eigenvalue weighted by Crippen LogP contribution is 2.65. The van der Waals surface area contributed by atoms with E-state index in [1.54, 1.807) is 12.1 Å². The van der Waals surface area contributed by atoms with Crippen LogP contribution in [0.25, 0.3) is 11.1 Å². The Bertz CT molecular complexity index is 1140. The fraction of sp³-hybridized carbons (Fsp3) is 0.520. The summed E-state index contributed by atoms with van der Waals surface area (Å²) >= 11 is 0. The van der Waals surface area contributed by atoms with Crippen LogP contribution in [0, 0.1) is 12.3 Å². The van der Waals surface area contributed by atoms with Gasteiger partial charge in [0.15, 0.2) is 0 Å². The van der Waals surface area contributed by atoms with Gasteiger partial charge < -0.3 is 29.7 Å². The minimum Gasteiger partial charge on any atom is -0.475 e. The lowest BCUT2D eigenvalue weighted by atomic mass is 10.0. The number of halogens is 3. The number of amides is 2. The molecule has 2 saturated heterocycles. The Labute approximate surface area is 207 Å². The fourth-order valence-electron chi connectivity index (χ4n) is 5.16. The molecule has 0 spiro atoms. The number of pyridine rings is 1. The summed E-state index contributed by atoms with van der Waals surface area (Å²) in [7, 11) is 0. The largest absolute Gasteiger partial charge is 0.475 e. The van der Waals surface area contributed by atoms with Crippen molar-refractivity contribution in [1.82, 2.24) is 9.88 Å². The van der Waals surface area contributed by atoms with E-state index in [0.717, 1.165) is 16.7 Å². The SMILES string of the molecule is Cc1ccc(NC(=O)N2CCC3(C(F)(F)F)CC23)cc1-c1cc(OCCO)nc(N2CCOCC2)c1. The van der Waals surface area contributed by atoms with E-state index >= 15 is 0 Å². The predicted molar refractivity (Wildman–Crippen MR) is 127 cm³/mol. The van der Waals surface area contributed by atoms with E-state index in [1.807, 2.05) is 25.1 Å². The van der Waals surface area contributed by atoms with Gasteiger partial charge in [-0.1, -0.05) is 6.07 Å². The molecule has 2 atom stereocenters. The summed E-state index contributed by atoms with van der Waals surface area (Å²) in [6.45, 7) is 4.53. The lowest BCUT2D eigenvalue weighted by Crippen LogP contribution is -2.36. The molecule has 36 heavy (non-hydrogen) atoms. The molecule has 2 aliphatic heterocycles. The van der Waals surface area contributed by atoms with Gasteiger partial charge in [0.05, 0.1) is 25.2 Å². The number of hydrogen-bond acceptors (Lipinski definition) is 6. The van der Waals surface area contributed by atoms with Gasteiger partial charge in [-0.05, 0) is 54.7 Å². The van der Waals surface area contributed by atoms with Gasteiger partial charge in [0.25, 0.3) is 0 Å². The Morgan fingerprint density at radius 3 is 2.69 bits per heavy atom. The van der Waals surface area contributed by atoms with Crippen LogP contribution >= 0.6 is 0 Å². The van der Waals surface area contributed by atoms with Crippen LogP contribution in [-0.2, 0) is 4.74 Å². The molecule has 2 amide bonds. The second-order valence-electron chi connectivity index (χ2n) is 9.50. The molecular formula is C25H29F3N4O4. The number of rotatable bonds is 6. The highest BCUT2D eigenvalue weighted by Gasteiger charge is 2.75. The summed E-state index contributed by atoms with van der Waals surface area (Å²) in [6, 6.07) is 7.81. The minimum atomic E-state index is -4.29. The third-order valence-corrected chi connectivity index (χ3v) is 7.30. The van der Waals surface area contributed by atoms with Crippen LogP contribution in [0.15, 0.2) is 30.3 Å². The smallest absolute Gasteiger partial charge is 0.396 e. The third-order valence-electron chi connectivity index (χ3n) is 7.30. The molecule has 5 rings (SSSR count). The molecule has 8 nitrogen and oxygen atoms in total. The molecule has 0 radical (unpaired) electrons. The van der Waals surface area contributed by atoms with Crippen molar-refractivity contribution in [2.75, 3.05) is 56.3 Å². The van der Waals surface area contributed by atoms with Crippen molar-refractivity contribution in [3.8, 4) is 17.0 Å². The van der Waals surface area contributed by atoms with Gasteiger partial charge in [-0.25, -0.2) is 4.79 Å². The maximum absolute atomic E-state index is 13.4. The number of aliphatic hydroxyl groups excluding tert-OH is 1. The first-order valence-corrected chi connectivity index (χ1v) is 12.1. The van der Waals surface area contributed by atoms with E-state index < -0.39 is 23.7 Å². The molecular weight excluding hydrogens is 477 g/mol. The Morgan fingerprint density at radius 2 is 2.03 bits per heavy atom. The Hall–Kier alpha value is -3.05. The van der Waals surface area contributed by atoms with Crippen LogP contribution in [0.3, 0.4) is 0 Å². The number of nitrogens with zero attached hydrogens (tertiary/aromatic N) is 3. The maximum atomic E-state index is 13.4. The molecule has 3 heterocycles. The zero-order valence-electron chi connectivity index (χ0n) is 20.0. The van der Waals surface area contributed by atoms with Crippen LogP contribution in [0.4, 0.5) is 29.5 Å². The molecule has 2 N–H and O–H groups in total. The summed E-state index contributed by atoms with van der Waals surface area (Å²) in [5.74, 6) is 1.08. The van der Waals surface area contributed by atoms with E-state index in [1.165, 1.54) is 4.90 Å². The van der Waals surface area contributed by atoms with Crippen molar-refractivity contribution < 1.29 is 32.5 Å². The van der Waals surface area contributed by atoms with Crippen LogP contribution in [-0.4, -0.2) is 79.3 Å². The van der Waals surface area contributed by atoms with Crippen molar-refractivity contribution >= 4 is 17.5 Å². The van der Waals surface area contributed by atoms with Crippen molar-refractivity contribution in [2.45, 2.75) is 32.0 Å². The first kappa shape index (κ1) is 24.6. The van der Waals surface area contributed by atoms with Gasteiger partial charge in [-0.2, -0.15) is 18.2 Å². The number of urea groups is 1. The van der Waals surface area contributed by atoms with E-state index in [0.29, 0.717) is 43.7 Å². The summed E-state index contributed by atoms with van der Waals surface area (Å²) in [4.78, 5) is 20.8. The molecule has 1 aromatic carbocycles. The molecule has 0 bridgehead atoms. The van der Waals surface area contributed by atoms with E-state index in [2.05, 4.69) is 15.2 Å². The van der Waals surface area contributed by atoms with E-state index in [4.69, 9.17) is 9.47 Å². The zero-order valence-corrected chi connectivity index (χ0v) is 20.0. The first-order valence-electron chi connectivity index (χ1n) is 12.1. The molecule has 11 heteroatoms. The number of nitrogens with one attached hydrogen (secondary N) is 1. The Balaban J connectivity index is 1.39. The molecule has 3 aliphatic rings. The molecule has 2 aromatic rings. The first-order chi connectivity index (χ1) is 17.2. The summed E-state index contributed by atoms with van der Waals surface area (Å²) in [5, 5.41) is 12.0. The van der Waals surface area contributed by atoms with Crippen molar-refractivity contribution in [2.24, 2.45) is 5.41 Å². The molecule has 1 aliphatic carbocycles. The zero-order chi connectivity index (χ0) is 25.5. The number of aromatic nitrogens is 1. The predicted octanol–water partition coefficient (Wildman–Crippen LogP) is 3.82. The summed E-state index contributed by atoms with van der Waals surface area (Å²) < 4.78 is 51.3. The number of hydrogen-bond donors (Lipinski definition) is 2. The maximum Gasteiger partial charge on any atom is 0.396 e. The average molecular weight is 507 g/mol. The number of anilines is 2. The topological polar surface area (TPSA) is 87.2 Å². The van der Waals surface area contributed by atoms with E-state index in [9.17, 15) is 23.1 Å². The quantitative estimate of drug-likeness (QED) is 0.620. The number of aryl methyl sites for hydroxylation is 1. The van der Waals surface area contributed by atoms with Gasteiger partial charge in [0.1, 0.15) is 12.4 Å². The third kappa shape index (κ3) is 4.57. The van der Waals surface area contributed by atoms with Gasteiger partial charge in [-0.15, -0.1) is 0 Å². The molecule has 1 saturated carbocycles. The van der Waals surface area contributed by atoms with Gasteiger partial charge in [0.2, 0.25) is 5.88 Å². The number of carbonyl (C=O) groups excluding carboxylic acids is 1. The summed E-state index contributed by atoms with van der Waals surface area (Å²) in [5.41, 5.74) is 1.34. The molecule has 1 aromatic heterocycles. The van der Waals surface area contributed by atoms with Crippen LogP contribution in [0.1, 0.15) is 18.4 Å². The normalized spacial score (nSPS) is 23.4. The Morgan fingerprint density at radius 1 is 1.25 bits per heavy atom. The van der Waals surface area contributed by atoms with Gasteiger partial charge >= 0.3 is 12.2 Å². The van der Waals surface area contributed by atoms with Crippen LogP contribution in [0.5, 0.6) is 5.88 Å². The number of piperidine rings is 1. The standard InChI is InChI=1S/C25H29F3N4O4/c1-16-2-3-18(29-23(34)32-5-4-24(15-20(24)32)25(26,27)28)14-19(16)17-12-21(31-6-9-35-10-7-31)30-22(13-17)36-11-8-33/h2-3,12-14,20,33H,4-11,15H2,1H3,(H,29,34). The molecule has 194 valence electrons. The average Bonchev–Trinajstić information content (AvgIpc) is 3.49. The number of ether oxygens (including phenoxy) is 2. The second-order valence-corrected chi connectivity index (χ2v) is 9.50. The van der Waals surface area contributed by atoms with Crippen LogP contribution < -0.4 is 15.0 Å². The lowest BCUT2D eigenvalue weighted by Gasteiger charge is -2.28. The number of morpholine rings is 1. The number of benzene rings is 1. The number of carbonyl (C=O) groups is 1. The Kier molecular flexibility index (Phi) is 6.46. The minimum absolute atomic E-state index is 0.0268. The number of aliphatic hydroxyl groups is 1. The van der Waals surface area contributed by atoms with Crippen molar-refractivity contribution in [3.05, 3.63) is 35.9 Å². The number of fused-ring (bicyclic) bond motifs is 1. The van der Waals surface area contributed by atoms with E-state index in [-0.39, 0.29) is 32.6 Å². The van der Waals surface area contributed by atoms with Gasteiger partial charge in [-0.3, -0.25) is 0 Å². The monoisotopic (exact) mass is 506 g/mol. The van der Waals surface area contributed by atoms with Crippen LogP contribution in [0.2, 0.25) is 0 Å². The van der Waals surface area contributed by atoms with Crippen molar-refractivity contribution in [1.29, 1.82) is 0 Å². The molecule has 3 fully saturated rings. The fourth-order valence-corrected chi connectivity index (χ4v) is 5.16. The highest BCUT2D eigenvalue weighted by molar-refractivity contribution is 5.91. The molecule has 2 unspecified atom stereocenters. The van der Waals surface area contributed by atoms with Crippen molar-refractivity contribution in [3.63, 3.8) is 0 Å². The second kappa shape index (κ2) is 9.44.